The number of ether oxygens (including phenoxy) is 2. The molecular formula is C11H6ClF3N2O4. The molecule has 1 heterocycles. The van der Waals surface area contributed by atoms with Crippen molar-refractivity contribution >= 4 is 17.6 Å². The fourth-order valence-corrected chi connectivity index (χ4v) is 1.58. The minimum atomic E-state index is -4.85. The van der Waals surface area contributed by atoms with Gasteiger partial charge in [-0.1, -0.05) is 16.8 Å². The molecule has 0 bridgehead atoms. The summed E-state index contributed by atoms with van der Waals surface area (Å²) in [6.45, 7) is 0. The van der Waals surface area contributed by atoms with Gasteiger partial charge in [0.2, 0.25) is 5.82 Å². The summed E-state index contributed by atoms with van der Waals surface area (Å²) in [7, 11) is 1.13. The maximum atomic E-state index is 12.1. The summed E-state index contributed by atoms with van der Waals surface area (Å²) in [6.07, 6.45) is -4.85. The van der Waals surface area contributed by atoms with Gasteiger partial charge in [-0.05, 0) is 18.2 Å². The summed E-state index contributed by atoms with van der Waals surface area (Å²) in [4.78, 5) is 14.9. The second-order valence-corrected chi connectivity index (χ2v) is 4.01. The van der Waals surface area contributed by atoms with Gasteiger partial charge in [-0.3, -0.25) is 0 Å². The molecule has 0 aliphatic rings. The van der Waals surface area contributed by atoms with Gasteiger partial charge in [0.25, 0.3) is 0 Å². The molecule has 0 saturated heterocycles. The number of benzene rings is 1. The molecule has 0 aliphatic carbocycles. The van der Waals surface area contributed by atoms with Crippen LogP contribution in [0.5, 0.6) is 5.75 Å². The Balaban J connectivity index is 2.28. The Labute approximate surface area is 120 Å². The van der Waals surface area contributed by atoms with E-state index in [1.165, 1.54) is 6.07 Å². The van der Waals surface area contributed by atoms with Gasteiger partial charge >= 0.3 is 18.2 Å². The van der Waals surface area contributed by atoms with Crippen LogP contribution in [0.1, 0.15) is 10.7 Å². The Morgan fingerprint density at radius 1 is 1.38 bits per heavy atom. The monoisotopic (exact) mass is 322 g/mol. The topological polar surface area (TPSA) is 74.5 Å². The lowest BCUT2D eigenvalue weighted by Gasteiger charge is -2.10. The van der Waals surface area contributed by atoms with Crippen LogP contribution in [0, 0.1) is 0 Å². The average molecular weight is 323 g/mol. The van der Waals surface area contributed by atoms with Crippen LogP contribution in [0.25, 0.3) is 11.4 Å². The van der Waals surface area contributed by atoms with Gasteiger partial charge < -0.3 is 14.0 Å². The summed E-state index contributed by atoms with van der Waals surface area (Å²) >= 11 is 5.68. The average Bonchev–Trinajstić information content (AvgIpc) is 2.88. The summed E-state index contributed by atoms with van der Waals surface area (Å²) in [5.74, 6) is -1.82. The molecule has 1 aromatic carbocycles. The number of alkyl halides is 3. The fraction of sp³-hybridized carbons (Fsp3) is 0.182. The van der Waals surface area contributed by atoms with Crippen molar-refractivity contribution in [2.45, 2.75) is 6.36 Å². The van der Waals surface area contributed by atoms with Gasteiger partial charge in [0, 0.05) is 5.56 Å². The predicted octanol–water partition coefficient (Wildman–Crippen LogP) is 3.08. The van der Waals surface area contributed by atoms with Crippen molar-refractivity contribution in [3.05, 3.63) is 29.1 Å². The molecular weight excluding hydrogens is 317 g/mol. The maximum absolute atomic E-state index is 12.1. The predicted molar refractivity (Wildman–Crippen MR) is 62.8 cm³/mol. The van der Waals surface area contributed by atoms with Crippen LogP contribution in [-0.2, 0) is 4.74 Å². The maximum Gasteiger partial charge on any atom is 0.573 e. The van der Waals surface area contributed by atoms with Crippen LogP contribution in [0.4, 0.5) is 13.2 Å². The van der Waals surface area contributed by atoms with E-state index in [-0.39, 0.29) is 22.3 Å². The highest BCUT2D eigenvalue weighted by atomic mass is 35.5. The summed E-state index contributed by atoms with van der Waals surface area (Å²) in [5.41, 5.74) is 0.244. The molecule has 0 saturated carbocycles. The number of nitrogens with zero attached hydrogens (tertiary/aromatic N) is 2. The highest BCUT2D eigenvalue weighted by molar-refractivity contribution is 6.32. The standard InChI is InChI=1S/C11H6ClF3N2O4/c1-19-10(18)9-16-8(17-21-9)5-2-3-7(6(12)4-5)20-11(13,14)15/h2-4H,1H3. The molecule has 112 valence electrons. The molecule has 10 heteroatoms. The van der Waals surface area contributed by atoms with Crippen molar-refractivity contribution in [1.29, 1.82) is 0 Å². The number of hydrogen-bond donors (Lipinski definition) is 0. The van der Waals surface area contributed by atoms with Crippen LogP contribution in [-0.4, -0.2) is 29.6 Å². The molecule has 0 spiro atoms. The number of carbonyl (C=O) groups excluding carboxylic acids is 1. The van der Waals surface area contributed by atoms with E-state index in [1.54, 1.807) is 0 Å². The van der Waals surface area contributed by atoms with Gasteiger partial charge in [0.05, 0.1) is 12.1 Å². The summed E-state index contributed by atoms with van der Waals surface area (Å²) < 4.78 is 49.0. The minimum Gasteiger partial charge on any atom is -0.462 e. The first-order valence-corrected chi connectivity index (χ1v) is 5.65. The van der Waals surface area contributed by atoms with E-state index >= 15 is 0 Å². The summed E-state index contributed by atoms with van der Waals surface area (Å²) in [5, 5.41) is 3.20. The highest BCUT2D eigenvalue weighted by Crippen LogP contribution is 2.33. The molecule has 2 rings (SSSR count). The zero-order valence-electron chi connectivity index (χ0n) is 10.3. The van der Waals surface area contributed by atoms with E-state index < -0.39 is 18.1 Å². The second kappa shape index (κ2) is 5.60. The lowest BCUT2D eigenvalue weighted by atomic mass is 10.2. The van der Waals surface area contributed by atoms with E-state index in [4.69, 9.17) is 11.6 Å². The van der Waals surface area contributed by atoms with Crippen molar-refractivity contribution in [1.82, 2.24) is 10.1 Å². The first-order chi connectivity index (χ1) is 9.80. The van der Waals surface area contributed by atoms with Gasteiger partial charge in [-0.15, -0.1) is 13.2 Å². The Bertz CT molecular complexity index is 672. The minimum absolute atomic E-state index is 0.0316. The lowest BCUT2D eigenvalue weighted by molar-refractivity contribution is -0.274. The molecule has 0 radical (unpaired) electrons. The first kappa shape index (κ1) is 15.1. The molecule has 0 atom stereocenters. The molecule has 0 amide bonds. The van der Waals surface area contributed by atoms with Crippen molar-refractivity contribution in [3.63, 3.8) is 0 Å². The van der Waals surface area contributed by atoms with Gasteiger partial charge in [-0.2, -0.15) is 4.98 Å². The molecule has 21 heavy (non-hydrogen) atoms. The van der Waals surface area contributed by atoms with Crippen LogP contribution >= 0.6 is 11.6 Å². The Kier molecular flexibility index (Phi) is 4.03. The van der Waals surface area contributed by atoms with E-state index in [1.807, 2.05) is 0 Å². The van der Waals surface area contributed by atoms with Crippen LogP contribution in [0.2, 0.25) is 5.02 Å². The zero-order valence-corrected chi connectivity index (χ0v) is 11.0. The van der Waals surface area contributed by atoms with Gasteiger partial charge in [-0.25, -0.2) is 4.79 Å². The van der Waals surface area contributed by atoms with Crippen LogP contribution in [0.15, 0.2) is 22.7 Å². The van der Waals surface area contributed by atoms with Crippen molar-refractivity contribution in [2.24, 2.45) is 0 Å². The molecule has 2 aromatic rings. The number of aromatic nitrogens is 2. The van der Waals surface area contributed by atoms with E-state index in [0.29, 0.717) is 0 Å². The Morgan fingerprint density at radius 3 is 2.67 bits per heavy atom. The number of methoxy groups -OCH3 is 1. The smallest absolute Gasteiger partial charge is 0.462 e. The molecule has 6 nitrogen and oxygen atoms in total. The van der Waals surface area contributed by atoms with Crippen LogP contribution in [0.3, 0.4) is 0 Å². The quantitative estimate of drug-likeness (QED) is 0.808. The van der Waals surface area contributed by atoms with E-state index in [9.17, 15) is 18.0 Å². The Hall–Kier alpha value is -2.29. The number of esters is 1. The van der Waals surface area contributed by atoms with Crippen LogP contribution < -0.4 is 4.74 Å². The fourth-order valence-electron chi connectivity index (χ4n) is 1.36. The number of carbonyl (C=O) groups is 1. The molecule has 0 N–H and O–H groups in total. The van der Waals surface area contributed by atoms with E-state index in [2.05, 4.69) is 24.1 Å². The first-order valence-electron chi connectivity index (χ1n) is 5.28. The number of halogens is 4. The molecule has 0 unspecified atom stereocenters. The third-order valence-corrected chi connectivity index (χ3v) is 2.50. The third-order valence-electron chi connectivity index (χ3n) is 2.20. The van der Waals surface area contributed by atoms with Gasteiger partial charge in [0.1, 0.15) is 5.75 Å². The highest BCUT2D eigenvalue weighted by Gasteiger charge is 2.32. The third kappa shape index (κ3) is 3.63. The van der Waals surface area contributed by atoms with Crippen molar-refractivity contribution < 1.29 is 32.0 Å². The van der Waals surface area contributed by atoms with Crippen molar-refractivity contribution in [2.75, 3.05) is 7.11 Å². The summed E-state index contributed by atoms with van der Waals surface area (Å²) in [6, 6.07) is 3.38. The molecule has 0 fully saturated rings. The molecule has 0 aliphatic heterocycles. The van der Waals surface area contributed by atoms with E-state index in [0.717, 1.165) is 19.2 Å². The van der Waals surface area contributed by atoms with Crippen molar-refractivity contribution in [3.8, 4) is 17.1 Å². The normalized spacial score (nSPS) is 11.3. The largest absolute Gasteiger partial charge is 0.573 e. The number of rotatable bonds is 3. The number of hydrogen-bond acceptors (Lipinski definition) is 6. The zero-order chi connectivity index (χ0) is 15.6. The lowest BCUT2D eigenvalue weighted by Crippen LogP contribution is -2.17. The molecule has 1 aromatic heterocycles. The Morgan fingerprint density at radius 2 is 2.10 bits per heavy atom. The SMILES string of the molecule is COC(=O)c1nc(-c2ccc(OC(F)(F)F)c(Cl)c2)no1. The van der Waals surface area contributed by atoms with Gasteiger partial charge in [0.15, 0.2) is 0 Å². The second-order valence-electron chi connectivity index (χ2n) is 3.61.